The molecule has 0 saturated carbocycles. The Balaban J connectivity index is 2.29. The molecular formula is C15H14BrNO2. The van der Waals surface area contributed by atoms with Gasteiger partial charge in [-0.3, -0.25) is 4.79 Å². The van der Waals surface area contributed by atoms with Crippen LogP contribution in [0.1, 0.15) is 10.4 Å². The molecule has 0 bridgehead atoms. The highest BCUT2D eigenvalue weighted by Gasteiger charge is 2.17. The largest absolute Gasteiger partial charge is 0.482 e. The van der Waals surface area contributed by atoms with Crippen molar-refractivity contribution in [3.05, 3.63) is 60.2 Å². The predicted molar refractivity (Wildman–Crippen MR) is 80.0 cm³/mol. The van der Waals surface area contributed by atoms with Crippen LogP contribution in [0.2, 0.25) is 0 Å². The van der Waals surface area contributed by atoms with Crippen LogP contribution in [0.15, 0.2) is 54.6 Å². The van der Waals surface area contributed by atoms with Crippen LogP contribution in [0.25, 0.3) is 0 Å². The van der Waals surface area contributed by atoms with Gasteiger partial charge in [-0.05, 0) is 40.2 Å². The fraction of sp³-hybridized carbons (Fsp3) is 0.133. The van der Waals surface area contributed by atoms with Crippen molar-refractivity contribution in [3.8, 4) is 5.75 Å². The number of carbonyl (C=O) groups is 1. The lowest BCUT2D eigenvalue weighted by molar-refractivity contribution is 0.0990. The average molecular weight is 320 g/mol. The first-order valence-corrected chi connectivity index (χ1v) is 6.97. The van der Waals surface area contributed by atoms with Crippen molar-refractivity contribution in [3.63, 3.8) is 0 Å². The maximum absolute atomic E-state index is 12.5. The van der Waals surface area contributed by atoms with Crippen LogP contribution in [-0.2, 0) is 0 Å². The van der Waals surface area contributed by atoms with Crippen molar-refractivity contribution < 1.29 is 9.53 Å². The molecule has 0 aliphatic rings. The van der Waals surface area contributed by atoms with Crippen molar-refractivity contribution in [1.29, 1.82) is 0 Å². The summed E-state index contributed by atoms with van der Waals surface area (Å²) in [7, 11) is 1.75. The highest BCUT2D eigenvalue weighted by atomic mass is 79.9. The second-order valence-electron chi connectivity index (χ2n) is 3.95. The number of carbonyl (C=O) groups excluding carboxylic acids is 1. The summed E-state index contributed by atoms with van der Waals surface area (Å²) in [4.78, 5) is 14.1. The standard InChI is InChI=1S/C15H14BrNO2/c1-17(12-7-3-2-4-8-12)15(18)13-9-5-6-10-14(13)19-11-16/h2-10H,11H2,1H3. The zero-order chi connectivity index (χ0) is 13.7. The van der Waals surface area contributed by atoms with Gasteiger partial charge in [-0.2, -0.15) is 0 Å². The number of hydrogen-bond acceptors (Lipinski definition) is 2. The van der Waals surface area contributed by atoms with Gasteiger partial charge in [0.25, 0.3) is 5.91 Å². The molecule has 0 unspecified atom stereocenters. The predicted octanol–water partition coefficient (Wildman–Crippen LogP) is 3.69. The van der Waals surface area contributed by atoms with E-state index in [1.165, 1.54) is 0 Å². The van der Waals surface area contributed by atoms with E-state index in [-0.39, 0.29) is 5.91 Å². The normalized spacial score (nSPS) is 10.0. The lowest BCUT2D eigenvalue weighted by atomic mass is 10.1. The molecule has 3 nitrogen and oxygen atoms in total. The van der Waals surface area contributed by atoms with Gasteiger partial charge in [0, 0.05) is 12.7 Å². The zero-order valence-corrected chi connectivity index (χ0v) is 12.1. The van der Waals surface area contributed by atoms with Crippen molar-refractivity contribution >= 4 is 27.5 Å². The Bertz CT molecular complexity index is 557. The zero-order valence-electron chi connectivity index (χ0n) is 10.5. The Morgan fingerprint density at radius 3 is 2.42 bits per heavy atom. The molecule has 0 spiro atoms. The Kier molecular flexibility index (Phi) is 4.58. The summed E-state index contributed by atoms with van der Waals surface area (Å²) in [5, 5.41) is 0. The number of benzene rings is 2. The fourth-order valence-corrected chi connectivity index (χ4v) is 2.02. The molecule has 0 fully saturated rings. The summed E-state index contributed by atoms with van der Waals surface area (Å²) < 4.78 is 5.41. The minimum atomic E-state index is -0.0947. The van der Waals surface area contributed by atoms with Gasteiger partial charge < -0.3 is 9.64 Å². The van der Waals surface area contributed by atoms with Gasteiger partial charge in [0.2, 0.25) is 0 Å². The van der Waals surface area contributed by atoms with E-state index in [9.17, 15) is 4.79 Å². The Morgan fingerprint density at radius 1 is 1.11 bits per heavy atom. The monoisotopic (exact) mass is 319 g/mol. The maximum Gasteiger partial charge on any atom is 0.261 e. The molecule has 4 heteroatoms. The molecule has 0 aliphatic carbocycles. The highest BCUT2D eigenvalue weighted by molar-refractivity contribution is 9.09. The Labute approximate surface area is 120 Å². The van der Waals surface area contributed by atoms with Gasteiger partial charge >= 0.3 is 0 Å². The van der Waals surface area contributed by atoms with Crippen LogP contribution in [0, 0.1) is 0 Å². The molecule has 19 heavy (non-hydrogen) atoms. The Hall–Kier alpha value is -1.81. The van der Waals surface area contributed by atoms with Crippen LogP contribution in [-0.4, -0.2) is 18.5 Å². The third-order valence-corrected chi connectivity index (χ3v) is 3.00. The van der Waals surface area contributed by atoms with Crippen molar-refractivity contribution in [2.24, 2.45) is 0 Å². The second kappa shape index (κ2) is 6.38. The second-order valence-corrected chi connectivity index (χ2v) is 4.41. The lowest BCUT2D eigenvalue weighted by Crippen LogP contribution is -2.26. The molecular weight excluding hydrogens is 306 g/mol. The minimum absolute atomic E-state index is 0.0947. The number of para-hydroxylation sites is 2. The molecule has 0 N–H and O–H groups in total. The minimum Gasteiger partial charge on any atom is -0.482 e. The van der Waals surface area contributed by atoms with E-state index in [4.69, 9.17) is 4.74 Å². The summed E-state index contributed by atoms with van der Waals surface area (Å²) in [5.41, 5.74) is 1.75. The summed E-state index contributed by atoms with van der Waals surface area (Å²) >= 11 is 3.20. The molecule has 0 saturated heterocycles. The van der Waals surface area contributed by atoms with Gasteiger partial charge in [-0.1, -0.05) is 30.3 Å². The van der Waals surface area contributed by atoms with E-state index in [2.05, 4.69) is 15.9 Å². The van der Waals surface area contributed by atoms with E-state index in [0.29, 0.717) is 16.8 Å². The van der Waals surface area contributed by atoms with Crippen LogP contribution < -0.4 is 9.64 Å². The molecule has 98 valence electrons. The molecule has 2 rings (SSSR count). The number of hydrogen-bond donors (Lipinski definition) is 0. The quantitative estimate of drug-likeness (QED) is 0.804. The van der Waals surface area contributed by atoms with Gasteiger partial charge in [0.15, 0.2) is 0 Å². The van der Waals surface area contributed by atoms with Gasteiger partial charge in [-0.25, -0.2) is 0 Å². The number of amides is 1. The SMILES string of the molecule is CN(C(=O)c1ccccc1OCBr)c1ccccc1. The number of nitrogens with zero attached hydrogens (tertiary/aromatic N) is 1. The summed E-state index contributed by atoms with van der Waals surface area (Å²) in [6.45, 7) is 0. The summed E-state index contributed by atoms with van der Waals surface area (Å²) in [6.07, 6.45) is 0. The van der Waals surface area contributed by atoms with Crippen molar-refractivity contribution in [1.82, 2.24) is 0 Å². The lowest BCUT2D eigenvalue weighted by Gasteiger charge is -2.18. The first-order chi connectivity index (χ1) is 9.24. The topological polar surface area (TPSA) is 29.5 Å². The van der Waals surface area contributed by atoms with Gasteiger partial charge in [-0.15, -0.1) is 0 Å². The van der Waals surface area contributed by atoms with Crippen LogP contribution in [0.5, 0.6) is 5.75 Å². The molecule has 2 aromatic carbocycles. The highest BCUT2D eigenvalue weighted by Crippen LogP contribution is 2.22. The molecule has 0 heterocycles. The van der Waals surface area contributed by atoms with E-state index in [1.807, 2.05) is 42.5 Å². The molecule has 0 radical (unpaired) electrons. The van der Waals surface area contributed by atoms with Gasteiger partial charge in [0.1, 0.15) is 11.3 Å². The molecule has 0 atom stereocenters. The van der Waals surface area contributed by atoms with Crippen LogP contribution in [0.3, 0.4) is 0 Å². The van der Waals surface area contributed by atoms with E-state index in [0.717, 1.165) is 5.69 Å². The average Bonchev–Trinajstić information content (AvgIpc) is 2.47. The number of alkyl halides is 1. The number of ether oxygens (including phenoxy) is 1. The first kappa shape index (κ1) is 13.6. The van der Waals surface area contributed by atoms with Crippen molar-refractivity contribution in [2.45, 2.75) is 0 Å². The fourth-order valence-electron chi connectivity index (χ4n) is 1.78. The maximum atomic E-state index is 12.5. The molecule has 2 aromatic rings. The first-order valence-electron chi connectivity index (χ1n) is 5.85. The molecule has 1 amide bonds. The third-order valence-electron chi connectivity index (χ3n) is 2.78. The smallest absolute Gasteiger partial charge is 0.261 e. The number of rotatable bonds is 4. The summed E-state index contributed by atoms with van der Waals surface area (Å²) in [6, 6.07) is 16.7. The summed E-state index contributed by atoms with van der Waals surface area (Å²) in [5.74, 6) is 0.481. The Morgan fingerprint density at radius 2 is 1.74 bits per heavy atom. The van der Waals surface area contributed by atoms with E-state index < -0.39 is 0 Å². The molecule has 0 aromatic heterocycles. The van der Waals surface area contributed by atoms with E-state index in [1.54, 1.807) is 24.1 Å². The molecule has 0 aliphatic heterocycles. The third kappa shape index (κ3) is 3.15. The van der Waals surface area contributed by atoms with Crippen molar-refractivity contribution in [2.75, 3.05) is 17.5 Å². The van der Waals surface area contributed by atoms with E-state index >= 15 is 0 Å². The number of anilines is 1. The van der Waals surface area contributed by atoms with Crippen LogP contribution >= 0.6 is 15.9 Å². The number of halogens is 1. The van der Waals surface area contributed by atoms with Gasteiger partial charge in [0.05, 0.1) is 5.56 Å². The van der Waals surface area contributed by atoms with Crippen LogP contribution in [0.4, 0.5) is 5.69 Å².